The number of halogens is 1. The van der Waals surface area contributed by atoms with Crippen molar-refractivity contribution < 1.29 is 4.79 Å². The highest BCUT2D eigenvalue weighted by atomic mass is 35.5. The molecule has 1 fully saturated rings. The molecule has 1 spiro atoms. The van der Waals surface area contributed by atoms with Crippen molar-refractivity contribution in [2.45, 2.75) is 12.8 Å². The zero-order chi connectivity index (χ0) is 10.5. The molecule has 1 saturated carbocycles. The maximum absolute atomic E-state index is 11.9. The maximum Gasteiger partial charge on any atom is 0.232 e. The fourth-order valence-corrected chi connectivity index (χ4v) is 2.20. The van der Waals surface area contributed by atoms with Crippen molar-refractivity contribution in [3.8, 4) is 0 Å². The first kappa shape index (κ1) is 9.04. The second-order valence-corrected chi connectivity index (χ2v) is 4.66. The van der Waals surface area contributed by atoms with Gasteiger partial charge in [0.25, 0.3) is 0 Å². The Balaban J connectivity index is 2.04. The first-order valence-corrected chi connectivity index (χ1v) is 5.43. The van der Waals surface area contributed by atoms with E-state index in [0.29, 0.717) is 11.6 Å². The number of rotatable bonds is 0. The Bertz CT molecular complexity index is 440. The smallest absolute Gasteiger partial charge is 0.232 e. The van der Waals surface area contributed by atoms with Gasteiger partial charge in [0, 0.05) is 6.54 Å². The molecule has 3 rings (SSSR count). The molecule has 1 aliphatic carbocycles. The number of carbonyl (C=O) groups excluding carboxylic acids is 1. The highest BCUT2D eigenvalue weighted by Gasteiger charge is 2.50. The van der Waals surface area contributed by atoms with E-state index in [1.807, 2.05) is 18.2 Å². The fraction of sp³-hybridized carbons (Fsp3) is 0.364. The summed E-state index contributed by atoms with van der Waals surface area (Å²) in [5, 5.41) is 6.85. The van der Waals surface area contributed by atoms with Crippen LogP contribution in [0.2, 0.25) is 5.02 Å². The standard InChI is InChI=1S/C11H11ClN2O/c12-7-2-1-3-8-9(7)13-6-11(4-5-11)10(15)14-8/h1-3,13H,4-6H2,(H,14,15). The summed E-state index contributed by atoms with van der Waals surface area (Å²) in [4.78, 5) is 11.9. The number of nitrogens with one attached hydrogen (secondary N) is 2. The summed E-state index contributed by atoms with van der Waals surface area (Å²) in [6.07, 6.45) is 1.94. The Labute approximate surface area is 92.8 Å². The average molecular weight is 223 g/mol. The van der Waals surface area contributed by atoms with Crippen molar-refractivity contribution in [1.29, 1.82) is 0 Å². The summed E-state index contributed by atoms with van der Waals surface area (Å²) >= 11 is 6.06. The molecule has 15 heavy (non-hydrogen) atoms. The van der Waals surface area contributed by atoms with E-state index in [2.05, 4.69) is 10.6 Å². The zero-order valence-corrected chi connectivity index (χ0v) is 8.90. The Morgan fingerprint density at radius 2 is 2.13 bits per heavy atom. The Hall–Kier alpha value is -1.22. The molecule has 0 atom stereocenters. The van der Waals surface area contributed by atoms with Crippen molar-refractivity contribution in [1.82, 2.24) is 0 Å². The Morgan fingerprint density at radius 3 is 2.87 bits per heavy atom. The lowest BCUT2D eigenvalue weighted by Crippen LogP contribution is -2.27. The van der Waals surface area contributed by atoms with Gasteiger partial charge in [0.2, 0.25) is 5.91 Å². The molecule has 2 aliphatic rings. The van der Waals surface area contributed by atoms with E-state index >= 15 is 0 Å². The minimum absolute atomic E-state index is 0.121. The predicted octanol–water partition coefficient (Wildman–Crippen LogP) is 2.48. The van der Waals surface area contributed by atoms with E-state index in [9.17, 15) is 4.79 Å². The number of amides is 1. The number of hydrogen-bond donors (Lipinski definition) is 2. The van der Waals surface area contributed by atoms with E-state index in [1.165, 1.54) is 0 Å². The van der Waals surface area contributed by atoms with Crippen LogP contribution in [0.5, 0.6) is 0 Å². The van der Waals surface area contributed by atoms with E-state index in [-0.39, 0.29) is 11.3 Å². The first-order chi connectivity index (χ1) is 7.21. The quantitative estimate of drug-likeness (QED) is 0.708. The molecular weight excluding hydrogens is 212 g/mol. The number of para-hydroxylation sites is 1. The van der Waals surface area contributed by atoms with Crippen LogP contribution in [0.15, 0.2) is 18.2 Å². The zero-order valence-electron chi connectivity index (χ0n) is 8.14. The molecule has 2 N–H and O–H groups in total. The van der Waals surface area contributed by atoms with Gasteiger partial charge in [-0.15, -0.1) is 0 Å². The topological polar surface area (TPSA) is 41.1 Å². The predicted molar refractivity (Wildman–Crippen MR) is 60.2 cm³/mol. The Morgan fingerprint density at radius 1 is 1.33 bits per heavy atom. The summed E-state index contributed by atoms with van der Waals surface area (Å²) in [5.41, 5.74) is 1.45. The van der Waals surface area contributed by atoms with Crippen LogP contribution in [-0.2, 0) is 4.79 Å². The number of carbonyl (C=O) groups is 1. The molecule has 0 unspecified atom stereocenters. The van der Waals surface area contributed by atoms with E-state index < -0.39 is 0 Å². The van der Waals surface area contributed by atoms with Gasteiger partial charge in [0.05, 0.1) is 21.8 Å². The van der Waals surface area contributed by atoms with Crippen LogP contribution in [-0.4, -0.2) is 12.5 Å². The summed E-state index contributed by atoms with van der Waals surface area (Å²) in [6, 6.07) is 5.53. The summed E-state index contributed by atoms with van der Waals surface area (Å²) < 4.78 is 0. The SMILES string of the molecule is O=C1Nc2cccc(Cl)c2NCC12CC2. The monoisotopic (exact) mass is 222 g/mol. The van der Waals surface area contributed by atoms with Crippen LogP contribution in [0.4, 0.5) is 11.4 Å². The lowest BCUT2D eigenvalue weighted by atomic mass is 10.1. The highest BCUT2D eigenvalue weighted by molar-refractivity contribution is 6.34. The summed E-state index contributed by atoms with van der Waals surface area (Å²) in [6.45, 7) is 0.690. The van der Waals surface area contributed by atoms with Crippen LogP contribution >= 0.6 is 11.6 Å². The van der Waals surface area contributed by atoms with Gasteiger partial charge in [0.1, 0.15) is 0 Å². The molecule has 4 heteroatoms. The van der Waals surface area contributed by atoms with Crippen LogP contribution in [0.25, 0.3) is 0 Å². The first-order valence-electron chi connectivity index (χ1n) is 5.05. The molecule has 1 aromatic rings. The van der Waals surface area contributed by atoms with Crippen molar-refractivity contribution in [3.05, 3.63) is 23.2 Å². The van der Waals surface area contributed by atoms with Crippen molar-refractivity contribution in [2.75, 3.05) is 17.2 Å². The third-order valence-corrected chi connectivity index (χ3v) is 3.52. The number of fused-ring (bicyclic) bond motifs is 1. The van der Waals surface area contributed by atoms with Gasteiger partial charge in [-0.3, -0.25) is 4.79 Å². The molecular formula is C11H11ClN2O. The third-order valence-electron chi connectivity index (χ3n) is 3.20. The van der Waals surface area contributed by atoms with Crippen LogP contribution in [0.3, 0.4) is 0 Å². The Kier molecular flexibility index (Phi) is 1.74. The van der Waals surface area contributed by atoms with Gasteiger partial charge in [-0.05, 0) is 25.0 Å². The van der Waals surface area contributed by atoms with Crippen LogP contribution in [0, 0.1) is 5.41 Å². The lowest BCUT2D eigenvalue weighted by Gasteiger charge is -2.09. The minimum Gasteiger partial charge on any atom is -0.381 e. The lowest BCUT2D eigenvalue weighted by molar-refractivity contribution is -0.120. The molecule has 1 amide bonds. The molecule has 1 aromatic carbocycles. The number of hydrogen-bond acceptors (Lipinski definition) is 2. The van der Waals surface area contributed by atoms with Gasteiger partial charge in [-0.25, -0.2) is 0 Å². The average Bonchev–Trinajstić information content (AvgIpc) is 2.98. The normalized spacial score (nSPS) is 21.3. The second-order valence-electron chi connectivity index (χ2n) is 4.25. The highest BCUT2D eigenvalue weighted by Crippen LogP contribution is 2.49. The van der Waals surface area contributed by atoms with Gasteiger partial charge in [-0.2, -0.15) is 0 Å². The third kappa shape index (κ3) is 1.30. The van der Waals surface area contributed by atoms with E-state index in [4.69, 9.17) is 11.6 Å². The van der Waals surface area contributed by atoms with Crippen molar-refractivity contribution >= 4 is 28.9 Å². The van der Waals surface area contributed by atoms with Gasteiger partial charge in [0.15, 0.2) is 0 Å². The van der Waals surface area contributed by atoms with E-state index in [0.717, 1.165) is 24.2 Å². The molecule has 78 valence electrons. The van der Waals surface area contributed by atoms with Gasteiger partial charge in [-0.1, -0.05) is 17.7 Å². The minimum atomic E-state index is -0.178. The second kappa shape index (κ2) is 2.89. The summed E-state index contributed by atoms with van der Waals surface area (Å²) in [5.74, 6) is 0.121. The van der Waals surface area contributed by atoms with Crippen molar-refractivity contribution in [3.63, 3.8) is 0 Å². The summed E-state index contributed by atoms with van der Waals surface area (Å²) in [7, 11) is 0. The number of benzene rings is 1. The molecule has 1 heterocycles. The molecule has 0 bridgehead atoms. The van der Waals surface area contributed by atoms with Crippen molar-refractivity contribution in [2.24, 2.45) is 5.41 Å². The molecule has 1 aliphatic heterocycles. The van der Waals surface area contributed by atoms with Gasteiger partial charge >= 0.3 is 0 Å². The molecule has 0 saturated heterocycles. The molecule has 0 aromatic heterocycles. The molecule has 3 nitrogen and oxygen atoms in total. The van der Waals surface area contributed by atoms with E-state index in [1.54, 1.807) is 0 Å². The van der Waals surface area contributed by atoms with Crippen LogP contribution < -0.4 is 10.6 Å². The van der Waals surface area contributed by atoms with Gasteiger partial charge < -0.3 is 10.6 Å². The maximum atomic E-state index is 11.9. The number of anilines is 2. The molecule has 0 radical (unpaired) electrons. The largest absolute Gasteiger partial charge is 0.381 e. The van der Waals surface area contributed by atoms with Crippen LogP contribution in [0.1, 0.15) is 12.8 Å². The fourth-order valence-electron chi connectivity index (χ4n) is 1.96.